The van der Waals surface area contributed by atoms with E-state index in [1.165, 1.54) is 11.3 Å². The Balaban J connectivity index is 2.23. The van der Waals surface area contributed by atoms with Crippen LogP contribution in [0.4, 0.5) is 0 Å². The lowest BCUT2D eigenvalue weighted by Gasteiger charge is -2.15. The van der Waals surface area contributed by atoms with Crippen LogP contribution in [0.3, 0.4) is 0 Å². The second-order valence-electron chi connectivity index (χ2n) is 6.16. The van der Waals surface area contributed by atoms with Gasteiger partial charge in [-0.25, -0.2) is 9.78 Å². The number of aryl methyl sites for hydroxylation is 1. The number of carbonyl (C=O) groups is 2. The number of carboxylic acid groups (broad SMARTS) is 1. The molecular weight excluding hydrogens is 340 g/mol. The molecule has 0 saturated heterocycles. The van der Waals surface area contributed by atoms with Crippen LogP contribution in [-0.4, -0.2) is 35.1 Å². The lowest BCUT2D eigenvalue weighted by Crippen LogP contribution is -2.41. The Kier molecular flexibility index (Phi) is 6.14. The van der Waals surface area contributed by atoms with Crippen molar-refractivity contribution in [1.29, 1.82) is 0 Å². The first kappa shape index (κ1) is 18.9. The van der Waals surface area contributed by atoms with Crippen LogP contribution in [0.1, 0.15) is 35.6 Å². The summed E-state index contributed by atoms with van der Waals surface area (Å²) in [6.07, 6.45) is 0.377. The fourth-order valence-corrected chi connectivity index (χ4v) is 3.37. The third-order valence-electron chi connectivity index (χ3n) is 3.63. The first-order valence-corrected chi connectivity index (χ1v) is 8.79. The van der Waals surface area contributed by atoms with Gasteiger partial charge in [-0.1, -0.05) is 26.0 Å². The molecule has 0 radical (unpaired) electrons. The predicted molar refractivity (Wildman–Crippen MR) is 97.2 cm³/mol. The number of thiazole rings is 1. The highest BCUT2D eigenvalue weighted by Crippen LogP contribution is 2.30. The molecular formula is C18H22N2O4S. The van der Waals surface area contributed by atoms with Gasteiger partial charge in [0.25, 0.3) is 5.91 Å². The third-order valence-corrected chi connectivity index (χ3v) is 4.84. The fraction of sp³-hybridized carbons (Fsp3) is 0.389. The second-order valence-corrected chi connectivity index (χ2v) is 7.16. The molecule has 0 aliphatic rings. The molecule has 0 fully saturated rings. The minimum atomic E-state index is -1.03. The normalized spacial score (nSPS) is 12.0. The molecule has 2 N–H and O–H groups in total. The van der Waals surface area contributed by atoms with Gasteiger partial charge in [0.2, 0.25) is 0 Å². The van der Waals surface area contributed by atoms with Gasteiger partial charge in [0.15, 0.2) is 0 Å². The molecule has 2 aromatic rings. The molecule has 0 bridgehead atoms. The Morgan fingerprint density at radius 3 is 2.68 bits per heavy atom. The predicted octanol–water partition coefficient (Wildman–Crippen LogP) is 3.36. The number of hydrogen-bond acceptors (Lipinski definition) is 5. The van der Waals surface area contributed by atoms with Gasteiger partial charge in [-0.05, 0) is 31.4 Å². The quantitative estimate of drug-likeness (QED) is 0.788. The molecule has 7 heteroatoms. The average molecular weight is 362 g/mol. The topological polar surface area (TPSA) is 88.5 Å². The van der Waals surface area contributed by atoms with Crippen molar-refractivity contribution < 1.29 is 19.4 Å². The van der Waals surface area contributed by atoms with Gasteiger partial charge in [-0.3, -0.25) is 4.79 Å². The zero-order chi connectivity index (χ0) is 18.6. The van der Waals surface area contributed by atoms with Gasteiger partial charge in [0.05, 0.1) is 12.8 Å². The van der Waals surface area contributed by atoms with Crippen LogP contribution in [0, 0.1) is 12.8 Å². The summed E-state index contributed by atoms with van der Waals surface area (Å²) in [6.45, 7) is 5.58. The van der Waals surface area contributed by atoms with E-state index >= 15 is 0 Å². The maximum Gasteiger partial charge on any atom is 0.326 e. The molecule has 1 atom stereocenters. The van der Waals surface area contributed by atoms with E-state index in [9.17, 15) is 14.7 Å². The van der Waals surface area contributed by atoms with Crippen LogP contribution < -0.4 is 10.1 Å². The van der Waals surface area contributed by atoms with Gasteiger partial charge >= 0.3 is 5.97 Å². The van der Waals surface area contributed by atoms with Gasteiger partial charge in [0.1, 0.15) is 21.7 Å². The van der Waals surface area contributed by atoms with Crippen LogP contribution in [-0.2, 0) is 4.79 Å². The van der Waals surface area contributed by atoms with Crippen molar-refractivity contribution in [2.45, 2.75) is 33.2 Å². The molecule has 1 amide bonds. The van der Waals surface area contributed by atoms with Gasteiger partial charge in [0, 0.05) is 5.56 Å². The van der Waals surface area contributed by atoms with Crippen molar-refractivity contribution in [2.24, 2.45) is 5.92 Å². The molecule has 1 heterocycles. The Bertz CT molecular complexity index is 770. The van der Waals surface area contributed by atoms with Crippen LogP contribution in [0.2, 0.25) is 0 Å². The number of nitrogens with one attached hydrogen (secondary N) is 1. The lowest BCUT2D eigenvalue weighted by atomic mass is 10.0. The highest BCUT2D eigenvalue weighted by Gasteiger charge is 2.24. The molecule has 25 heavy (non-hydrogen) atoms. The van der Waals surface area contributed by atoms with Gasteiger partial charge < -0.3 is 15.2 Å². The van der Waals surface area contributed by atoms with Crippen LogP contribution >= 0.6 is 11.3 Å². The Labute approximate surface area is 150 Å². The molecule has 1 aromatic heterocycles. The van der Waals surface area contributed by atoms with Crippen molar-refractivity contribution in [1.82, 2.24) is 10.3 Å². The minimum Gasteiger partial charge on any atom is -0.497 e. The molecule has 1 aromatic carbocycles. The molecule has 6 nitrogen and oxygen atoms in total. The van der Waals surface area contributed by atoms with Crippen LogP contribution in [0.15, 0.2) is 24.3 Å². The number of rotatable bonds is 7. The van der Waals surface area contributed by atoms with Crippen molar-refractivity contribution in [3.63, 3.8) is 0 Å². The highest BCUT2D eigenvalue weighted by molar-refractivity contribution is 7.17. The molecule has 2 rings (SSSR count). The number of ether oxygens (including phenoxy) is 1. The molecule has 0 aliphatic carbocycles. The third kappa shape index (κ3) is 4.79. The van der Waals surface area contributed by atoms with E-state index in [0.717, 1.165) is 5.56 Å². The molecule has 0 unspecified atom stereocenters. The summed E-state index contributed by atoms with van der Waals surface area (Å²) in [5.74, 6) is -0.565. The monoisotopic (exact) mass is 362 g/mol. The summed E-state index contributed by atoms with van der Waals surface area (Å²) in [6, 6.07) is 6.52. The first-order chi connectivity index (χ1) is 11.8. The summed E-state index contributed by atoms with van der Waals surface area (Å²) in [7, 11) is 1.59. The van der Waals surface area contributed by atoms with Crippen molar-refractivity contribution in [2.75, 3.05) is 7.11 Å². The standard InChI is InChI=1S/C18H22N2O4S/c1-10(2)8-14(18(22)23)20-16(21)15-11(3)19-17(25-15)12-6-5-7-13(9-12)24-4/h5-7,9-10,14H,8H2,1-4H3,(H,20,21)(H,22,23)/t14-/m0/s1. The number of carbonyl (C=O) groups excluding carboxylic acids is 1. The van der Waals surface area contributed by atoms with E-state index < -0.39 is 17.9 Å². The highest BCUT2D eigenvalue weighted by atomic mass is 32.1. The summed E-state index contributed by atoms with van der Waals surface area (Å²) in [5.41, 5.74) is 1.43. The van der Waals surface area contributed by atoms with E-state index in [-0.39, 0.29) is 5.92 Å². The second kappa shape index (κ2) is 8.11. The van der Waals surface area contributed by atoms with E-state index in [2.05, 4.69) is 10.3 Å². The molecule has 134 valence electrons. The maximum atomic E-state index is 12.5. The Morgan fingerprint density at radius 2 is 2.08 bits per heavy atom. The number of amides is 1. The number of nitrogens with zero attached hydrogens (tertiary/aromatic N) is 1. The number of carboxylic acids is 1. The number of benzene rings is 1. The number of methoxy groups -OCH3 is 1. The largest absolute Gasteiger partial charge is 0.497 e. The zero-order valence-electron chi connectivity index (χ0n) is 14.7. The average Bonchev–Trinajstić information content (AvgIpc) is 2.95. The summed E-state index contributed by atoms with van der Waals surface area (Å²) in [4.78, 5) is 28.7. The summed E-state index contributed by atoms with van der Waals surface area (Å²) < 4.78 is 5.21. The fourth-order valence-electron chi connectivity index (χ4n) is 2.40. The smallest absolute Gasteiger partial charge is 0.326 e. The van der Waals surface area contributed by atoms with Gasteiger partial charge in [-0.2, -0.15) is 0 Å². The molecule has 0 saturated carbocycles. The summed E-state index contributed by atoms with van der Waals surface area (Å²) in [5, 5.41) is 12.6. The van der Waals surface area contributed by atoms with E-state index in [1.807, 2.05) is 38.1 Å². The van der Waals surface area contributed by atoms with Crippen LogP contribution in [0.5, 0.6) is 5.75 Å². The first-order valence-electron chi connectivity index (χ1n) is 7.97. The van der Waals surface area contributed by atoms with E-state index in [0.29, 0.717) is 27.7 Å². The summed E-state index contributed by atoms with van der Waals surface area (Å²) >= 11 is 1.24. The van der Waals surface area contributed by atoms with Crippen molar-refractivity contribution >= 4 is 23.2 Å². The van der Waals surface area contributed by atoms with Crippen molar-refractivity contribution in [3.8, 4) is 16.3 Å². The number of aliphatic carboxylic acids is 1. The maximum absolute atomic E-state index is 12.5. The molecule has 0 spiro atoms. The lowest BCUT2D eigenvalue weighted by molar-refractivity contribution is -0.139. The molecule has 0 aliphatic heterocycles. The van der Waals surface area contributed by atoms with E-state index in [4.69, 9.17) is 4.74 Å². The Morgan fingerprint density at radius 1 is 1.36 bits per heavy atom. The Hall–Kier alpha value is -2.41. The van der Waals surface area contributed by atoms with Crippen molar-refractivity contribution in [3.05, 3.63) is 34.8 Å². The SMILES string of the molecule is COc1cccc(-c2nc(C)c(C(=O)N[C@@H](CC(C)C)C(=O)O)s2)c1. The van der Waals surface area contributed by atoms with Crippen LogP contribution in [0.25, 0.3) is 10.6 Å². The van der Waals surface area contributed by atoms with Gasteiger partial charge in [-0.15, -0.1) is 11.3 Å². The number of aromatic nitrogens is 1. The number of hydrogen-bond donors (Lipinski definition) is 2. The minimum absolute atomic E-state index is 0.163. The van der Waals surface area contributed by atoms with E-state index in [1.54, 1.807) is 14.0 Å². The zero-order valence-corrected chi connectivity index (χ0v) is 15.5.